The molecule has 0 fully saturated rings. The van der Waals surface area contributed by atoms with Gasteiger partial charge in [0.15, 0.2) is 6.04 Å². The summed E-state index contributed by atoms with van der Waals surface area (Å²) < 4.78 is 9.02. The number of hydrogen-bond acceptors (Lipinski definition) is 4. The number of amides is 1. The first kappa shape index (κ1) is 13.5. The third-order valence-electron chi connectivity index (χ3n) is 1.29. The largest absolute Gasteiger partial charge is 0.450 e. The van der Waals surface area contributed by atoms with Crippen molar-refractivity contribution < 1.29 is 19.1 Å². The number of esters is 1. The molecule has 0 heterocycles. The van der Waals surface area contributed by atoms with Crippen molar-refractivity contribution in [2.75, 3.05) is 6.61 Å². The van der Waals surface area contributed by atoms with Crippen LogP contribution in [0.2, 0.25) is 0 Å². The monoisotopic (exact) mass is 233 g/mol. The minimum atomic E-state index is -1.15. The Morgan fingerprint density at radius 3 is 2.60 bits per heavy atom. The van der Waals surface area contributed by atoms with Gasteiger partial charge in [0.1, 0.15) is 0 Å². The molecule has 1 N–H and O–H groups in total. The van der Waals surface area contributed by atoms with Crippen molar-refractivity contribution in [2.45, 2.75) is 13.0 Å². The van der Waals surface area contributed by atoms with Gasteiger partial charge in [-0.25, -0.2) is 9.59 Å². The number of carbonyl (C=O) groups excluding carboxylic acids is 2. The number of rotatable bonds is 5. The van der Waals surface area contributed by atoms with Crippen LogP contribution in [-0.4, -0.2) is 24.7 Å². The van der Waals surface area contributed by atoms with Gasteiger partial charge in [0.05, 0.1) is 12.9 Å². The number of ether oxygens (including phenoxy) is 2. The average molecular weight is 234 g/mol. The van der Waals surface area contributed by atoms with Crippen molar-refractivity contribution in [3.8, 4) is 0 Å². The first-order valence-electron chi connectivity index (χ1n) is 4.11. The molecule has 0 radical (unpaired) electrons. The van der Waals surface area contributed by atoms with Crippen molar-refractivity contribution in [3.05, 3.63) is 24.5 Å². The summed E-state index contributed by atoms with van der Waals surface area (Å²) >= 11 is 5.52. The summed E-state index contributed by atoms with van der Waals surface area (Å²) in [5.74, 6) is -0.780. The summed E-state index contributed by atoms with van der Waals surface area (Å²) in [5.41, 5.74) is 0. The molecule has 0 bridgehead atoms. The fraction of sp³-hybridized carbons (Fsp3) is 0.333. The summed E-state index contributed by atoms with van der Waals surface area (Å²) in [5, 5.41) is 2.11. The molecule has 0 saturated carbocycles. The van der Waals surface area contributed by atoms with Crippen molar-refractivity contribution in [3.63, 3.8) is 0 Å². The SMILES string of the molecule is C=COC(=O)C(NC(=O)OCC)C(=C)Cl. The van der Waals surface area contributed by atoms with Crippen LogP contribution in [0.5, 0.6) is 0 Å². The van der Waals surface area contributed by atoms with Crippen LogP contribution in [0.4, 0.5) is 4.79 Å². The third-order valence-corrected chi connectivity index (χ3v) is 1.50. The zero-order valence-corrected chi connectivity index (χ0v) is 9.04. The summed E-state index contributed by atoms with van der Waals surface area (Å²) in [4.78, 5) is 22.2. The highest BCUT2D eigenvalue weighted by molar-refractivity contribution is 6.31. The fourth-order valence-corrected chi connectivity index (χ4v) is 0.850. The Hall–Kier alpha value is -1.49. The van der Waals surface area contributed by atoms with Crippen molar-refractivity contribution >= 4 is 23.7 Å². The highest BCUT2D eigenvalue weighted by atomic mass is 35.5. The van der Waals surface area contributed by atoms with Crippen LogP contribution in [0.1, 0.15) is 6.92 Å². The molecule has 0 aromatic heterocycles. The molecule has 0 aliphatic carbocycles. The lowest BCUT2D eigenvalue weighted by molar-refractivity contribution is -0.139. The molecule has 1 atom stereocenters. The maximum Gasteiger partial charge on any atom is 0.408 e. The molecular weight excluding hydrogens is 222 g/mol. The zero-order valence-electron chi connectivity index (χ0n) is 8.29. The van der Waals surface area contributed by atoms with E-state index >= 15 is 0 Å². The minimum Gasteiger partial charge on any atom is -0.450 e. The topological polar surface area (TPSA) is 64.6 Å². The molecule has 0 aliphatic heterocycles. The van der Waals surface area contributed by atoms with Crippen LogP contribution >= 0.6 is 11.6 Å². The van der Waals surface area contributed by atoms with Gasteiger partial charge in [-0.05, 0) is 6.92 Å². The molecule has 0 aromatic carbocycles. The summed E-state index contributed by atoms with van der Waals surface area (Å²) in [6.07, 6.45) is 0.160. The molecule has 15 heavy (non-hydrogen) atoms. The lowest BCUT2D eigenvalue weighted by Crippen LogP contribution is -2.41. The predicted molar refractivity (Wildman–Crippen MR) is 55.2 cm³/mol. The fourth-order valence-electron chi connectivity index (χ4n) is 0.706. The Morgan fingerprint density at radius 2 is 2.20 bits per heavy atom. The van der Waals surface area contributed by atoms with E-state index in [0.29, 0.717) is 0 Å². The maximum absolute atomic E-state index is 11.2. The van der Waals surface area contributed by atoms with Gasteiger partial charge < -0.3 is 14.8 Å². The molecule has 0 aliphatic rings. The Kier molecular flexibility index (Phi) is 6.21. The Morgan fingerprint density at radius 1 is 1.60 bits per heavy atom. The smallest absolute Gasteiger partial charge is 0.408 e. The lowest BCUT2D eigenvalue weighted by Gasteiger charge is -2.14. The molecule has 1 amide bonds. The molecular formula is C9H12ClNO4. The highest BCUT2D eigenvalue weighted by Gasteiger charge is 2.24. The zero-order chi connectivity index (χ0) is 11.8. The third kappa shape index (κ3) is 5.07. The first-order chi connectivity index (χ1) is 7.02. The second kappa shape index (κ2) is 6.89. The van der Waals surface area contributed by atoms with Gasteiger partial charge in [-0.1, -0.05) is 24.8 Å². The van der Waals surface area contributed by atoms with Gasteiger partial charge in [-0.15, -0.1) is 0 Å². The van der Waals surface area contributed by atoms with Gasteiger partial charge in [-0.3, -0.25) is 0 Å². The molecule has 5 nitrogen and oxygen atoms in total. The molecule has 6 heteroatoms. The van der Waals surface area contributed by atoms with Gasteiger partial charge in [0.2, 0.25) is 0 Å². The molecule has 84 valence electrons. The summed E-state index contributed by atoms with van der Waals surface area (Å²) in [7, 11) is 0. The van der Waals surface area contributed by atoms with Crippen LogP contribution in [0.25, 0.3) is 0 Å². The minimum absolute atomic E-state index is 0.0742. The van der Waals surface area contributed by atoms with Crippen LogP contribution < -0.4 is 5.32 Å². The second-order valence-corrected chi connectivity index (χ2v) is 2.83. The van der Waals surface area contributed by atoms with E-state index in [0.717, 1.165) is 6.26 Å². The maximum atomic E-state index is 11.2. The van der Waals surface area contributed by atoms with Gasteiger partial charge in [-0.2, -0.15) is 0 Å². The van der Waals surface area contributed by atoms with Crippen LogP contribution in [0.3, 0.4) is 0 Å². The normalized spacial score (nSPS) is 11.1. The first-order valence-corrected chi connectivity index (χ1v) is 4.49. The lowest BCUT2D eigenvalue weighted by atomic mass is 10.3. The highest BCUT2D eigenvalue weighted by Crippen LogP contribution is 2.07. The van der Waals surface area contributed by atoms with E-state index in [9.17, 15) is 9.59 Å². The van der Waals surface area contributed by atoms with Crippen molar-refractivity contribution in [1.29, 1.82) is 0 Å². The Bertz CT molecular complexity index is 277. The number of nitrogens with one attached hydrogen (secondary N) is 1. The van der Waals surface area contributed by atoms with Crippen LogP contribution in [0.15, 0.2) is 24.5 Å². The summed E-state index contributed by atoms with van der Waals surface area (Å²) in [6, 6.07) is -1.15. The van der Waals surface area contributed by atoms with E-state index in [-0.39, 0.29) is 11.6 Å². The van der Waals surface area contributed by atoms with Crippen molar-refractivity contribution in [1.82, 2.24) is 5.32 Å². The van der Waals surface area contributed by atoms with E-state index in [1.807, 2.05) is 0 Å². The van der Waals surface area contributed by atoms with Gasteiger partial charge in [0.25, 0.3) is 0 Å². The van der Waals surface area contributed by atoms with E-state index < -0.39 is 18.1 Å². The van der Waals surface area contributed by atoms with E-state index in [2.05, 4.69) is 27.9 Å². The molecule has 0 spiro atoms. The number of halogens is 1. The Labute approximate surface area is 92.7 Å². The van der Waals surface area contributed by atoms with Crippen LogP contribution in [0, 0.1) is 0 Å². The standard InChI is InChI=1S/C9H12ClNO4/c1-4-14-8(12)7(6(3)10)11-9(13)15-5-2/h4,7H,1,3,5H2,2H3,(H,11,13). The molecule has 0 aromatic rings. The van der Waals surface area contributed by atoms with E-state index in [1.165, 1.54) is 0 Å². The number of hydrogen-bond donors (Lipinski definition) is 1. The predicted octanol–water partition coefficient (Wildman–Crippen LogP) is 1.54. The van der Waals surface area contributed by atoms with Gasteiger partial charge >= 0.3 is 12.1 Å². The van der Waals surface area contributed by atoms with Crippen molar-refractivity contribution in [2.24, 2.45) is 0 Å². The van der Waals surface area contributed by atoms with E-state index in [1.54, 1.807) is 6.92 Å². The average Bonchev–Trinajstić information content (AvgIpc) is 2.14. The Balaban J connectivity index is 4.40. The number of carbonyl (C=O) groups is 2. The number of alkyl carbamates (subject to hydrolysis) is 1. The second-order valence-electron chi connectivity index (χ2n) is 2.35. The molecule has 0 saturated heterocycles. The van der Waals surface area contributed by atoms with Gasteiger partial charge in [0, 0.05) is 5.03 Å². The van der Waals surface area contributed by atoms with E-state index in [4.69, 9.17) is 11.6 Å². The molecule has 0 rings (SSSR count). The molecule has 1 unspecified atom stereocenters. The quantitative estimate of drug-likeness (QED) is 0.578. The summed E-state index contributed by atoms with van der Waals surface area (Å²) in [6.45, 7) is 8.35. The van der Waals surface area contributed by atoms with Crippen LogP contribution in [-0.2, 0) is 14.3 Å².